The summed E-state index contributed by atoms with van der Waals surface area (Å²) in [6.45, 7) is 9.21. The summed E-state index contributed by atoms with van der Waals surface area (Å²) in [6.07, 6.45) is 3.03. The molecule has 0 saturated carbocycles. The Morgan fingerprint density at radius 2 is 1.75 bits per heavy atom. The molecule has 1 aliphatic carbocycles. The highest BCUT2D eigenvalue weighted by Crippen LogP contribution is 2.29. The lowest BCUT2D eigenvalue weighted by Gasteiger charge is -2.23. The first kappa shape index (κ1) is 18.1. The SMILES string of the molecule is CC1=CC(=O)C(C(C)(C)C)=C/C1=N/OS(=O)(=O)c1cccc(C)c1. The summed E-state index contributed by atoms with van der Waals surface area (Å²) in [5.41, 5.74) is 1.89. The lowest BCUT2D eigenvalue weighted by Crippen LogP contribution is -2.22. The zero-order valence-corrected chi connectivity index (χ0v) is 15.3. The quantitative estimate of drug-likeness (QED) is 0.619. The summed E-state index contributed by atoms with van der Waals surface area (Å²) in [4.78, 5) is 12.1. The maximum Gasteiger partial charge on any atom is 0.358 e. The molecule has 0 amide bonds. The third-order valence-electron chi connectivity index (χ3n) is 3.62. The zero-order valence-electron chi connectivity index (χ0n) is 14.5. The van der Waals surface area contributed by atoms with E-state index in [1.165, 1.54) is 18.2 Å². The average molecular weight is 347 g/mol. The standard InChI is InChI=1S/C18H21NO4S/c1-12-7-6-8-14(9-12)24(21,22)23-19-16-11-15(18(3,4)5)17(20)10-13(16)2/h6-11H,1-5H3/b19-16-. The van der Waals surface area contributed by atoms with Crippen LogP contribution in [0.3, 0.4) is 0 Å². The Hall–Kier alpha value is -2.21. The lowest BCUT2D eigenvalue weighted by molar-refractivity contribution is -0.112. The molecule has 0 fully saturated rings. The van der Waals surface area contributed by atoms with E-state index in [1.54, 1.807) is 32.1 Å². The van der Waals surface area contributed by atoms with Crippen LogP contribution >= 0.6 is 0 Å². The van der Waals surface area contributed by atoms with Gasteiger partial charge in [0.2, 0.25) is 0 Å². The molecule has 0 saturated heterocycles. The van der Waals surface area contributed by atoms with E-state index in [-0.39, 0.29) is 16.1 Å². The zero-order chi connectivity index (χ0) is 18.1. The fraction of sp³-hybridized carbons (Fsp3) is 0.333. The topological polar surface area (TPSA) is 72.8 Å². The van der Waals surface area contributed by atoms with Crippen molar-refractivity contribution < 1.29 is 17.5 Å². The Bertz CT molecular complexity index is 869. The van der Waals surface area contributed by atoms with Gasteiger partial charge in [-0.15, -0.1) is 0 Å². The van der Waals surface area contributed by atoms with Gasteiger partial charge in [0.25, 0.3) is 0 Å². The molecule has 1 aromatic rings. The molecule has 0 heterocycles. The molecule has 0 atom stereocenters. The van der Waals surface area contributed by atoms with Gasteiger partial charge in [-0.3, -0.25) is 9.08 Å². The van der Waals surface area contributed by atoms with Gasteiger partial charge in [0.15, 0.2) is 5.78 Å². The summed E-state index contributed by atoms with van der Waals surface area (Å²) < 4.78 is 29.3. The van der Waals surface area contributed by atoms with E-state index in [0.29, 0.717) is 16.9 Å². The summed E-state index contributed by atoms with van der Waals surface area (Å²) >= 11 is 0. The molecule has 0 radical (unpaired) electrons. The number of carbonyl (C=O) groups excluding carboxylic acids is 1. The third-order valence-corrected chi connectivity index (χ3v) is 4.72. The van der Waals surface area contributed by atoms with Crippen LogP contribution in [0.1, 0.15) is 33.3 Å². The molecule has 128 valence electrons. The molecular weight excluding hydrogens is 326 g/mol. The molecule has 24 heavy (non-hydrogen) atoms. The summed E-state index contributed by atoms with van der Waals surface area (Å²) in [5, 5.41) is 3.77. The van der Waals surface area contributed by atoms with Crippen LogP contribution in [0.4, 0.5) is 0 Å². The van der Waals surface area contributed by atoms with Gasteiger partial charge in [0, 0.05) is 5.57 Å². The molecule has 0 unspecified atom stereocenters. The van der Waals surface area contributed by atoms with Gasteiger partial charge in [-0.25, -0.2) is 0 Å². The molecule has 0 bridgehead atoms. The predicted octanol–water partition coefficient (Wildman–Crippen LogP) is 3.56. The van der Waals surface area contributed by atoms with Crippen molar-refractivity contribution >= 4 is 21.6 Å². The van der Waals surface area contributed by atoms with Crippen LogP contribution in [0.15, 0.2) is 57.6 Å². The number of hydrogen-bond acceptors (Lipinski definition) is 5. The molecule has 0 aromatic heterocycles. The summed E-state index contributed by atoms with van der Waals surface area (Å²) in [7, 11) is -4.00. The van der Waals surface area contributed by atoms with E-state index in [9.17, 15) is 13.2 Å². The van der Waals surface area contributed by atoms with Crippen molar-refractivity contribution in [2.24, 2.45) is 10.6 Å². The Morgan fingerprint density at radius 3 is 2.33 bits per heavy atom. The van der Waals surface area contributed by atoms with Crippen molar-refractivity contribution in [3.8, 4) is 0 Å². The second-order valence-corrected chi connectivity index (χ2v) is 8.35. The summed E-state index contributed by atoms with van der Waals surface area (Å²) in [5.74, 6) is -0.0968. The number of benzene rings is 1. The van der Waals surface area contributed by atoms with Crippen molar-refractivity contribution in [1.29, 1.82) is 0 Å². The van der Waals surface area contributed by atoms with Crippen molar-refractivity contribution in [3.05, 3.63) is 53.1 Å². The van der Waals surface area contributed by atoms with Crippen LogP contribution < -0.4 is 0 Å². The molecular formula is C18H21NO4S. The number of oxime groups is 1. The van der Waals surface area contributed by atoms with E-state index < -0.39 is 10.1 Å². The number of carbonyl (C=O) groups is 1. The van der Waals surface area contributed by atoms with E-state index in [1.807, 2.05) is 20.8 Å². The molecule has 0 aliphatic heterocycles. The smallest absolute Gasteiger partial charge is 0.290 e. The number of ketones is 1. The van der Waals surface area contributed by atoms with Crippen LogP contribution in [0, 0.1) is 12.3 Å². The van der Waals surface area contributed by atoms with Gasteiger partial charge in [0.1, 0.15) is 10.6 Å². The number of nitrogens with zero attached hydrogens (tertiary/aromatic N) is 1. The molecule has 0 N–H and O–H groups in total. The minimum absolute atomic E-state index is 0.0420. The van der Waals surface area contributed by atoms with Gasteiger partial charge < -0.3 is 0 Å². The summed E-state index contributed by atoms with van der Waals surface area (Å²) in [6, 6.07) is 6.40. The first-order valence-electron chi connectivity index (χ1n) is 7.54. The minimum Gasteiger partial charge on any atom is -0.290 e. The first-order valence-corrected chi connectivity index (χ1v) is 8.95. The number of rotatable bonds is 3. The highest BCUT2D eigenvalue weighted by Gasteiger charge is 2.27. The van der Waals surface area contributed by atoms with Crippen molar-refractivity contribution in [3.63, 3.8) is 0 Å². The largest absolute Gasteiger partial charge is 0.358 e. The van der Waals surface area contributed by atoms with E-state index in [0.717, 1.165) is 5.56 Å². The van der Waals surface area contributed by atoms with E-state index in [2.05, 4.69) is 5.16 Å². The third kappa shape index (κ3) is 4.00. The maximum absolute atomic E-state index is 12.2. The minimum atomic E-state index is -4.00. The highest BCUT2D eigenvalue weighted by molar-refractivity contribution is 7.86. The number of aryl methyl sites for hydroxylation is 1. The maximum atomic E-state index is 12.2. The Labute approximate surface area is 142 Å². The molecule has 6 heteroatoms. The van der Waals surface area contributed by atoms with Gasteiger partial charge in [0.05, 0.1) is 0 Å². The second-order valence-electron chi connectivity index (χ2n) is 6.82. The van der Waals surface area contributed by atoms with Gasteiger partial charge in [-0.2, -0.15) is 8.42 Å². The van der Waals surface area contributed by atoms with Crippen molar-refractivity contribution in [2.45, 2.75) is 39.5 Å². The second kappa shape index (κ2) is 6.36. The highest BCUT2D eigenvalue weighted by atomic mass is 32.2. The van der Waals surface area contributed by atoms with Crippen LogP contribution in [0.25, 0.3) is 0 Å². The normalized spacial score (nSPS) is 17.5. The first-order chi connectivity index (χ1) is 11.0. The molecule has 2 rings (SSSR count). The fourth-order valence-electron chi connectivity index (χ4n) is 2.26. The van der Waals surface area contributed by atoms with Gasteiger partial charge >= 0.3 is 10.1 Å². The Kier molecular flexibility index (Phi) is 4.80. The van der Waals surface area contributed by atoms with Gasteiger partial charge in [-0.1, -0.05) is 38.1 Å². The van der Waals surface area contributed by atoms with Crippen LogP contribution in [0.5, 0.6) is 0 Å². The fourth-order valence-corrected chi connectivity index (χ4v) is 3.10. The lowest BCUT2D eigenvalue weighted by atomic mass is 9.80. The van der Waals surface area contributed by atoms with Crippen molar-refractivity contribution in [2.75, 3.05) is 0 Å². The monoisotopic (exact) mass is 347 g/mol. The van der Waals surface area contributed by atoms with E-state index >= 15 is 0 Å². The van der Waals surface area contributed by atoms with Crippen molar-refractivity contribution in [1.82, 2.24) is 0 Å². The van der Waals surface area contributed by atoms with Crippen LogP contribution in [-0.4, -0.2) is 19.9 Å². The molecule has 1 aromatic carbocycles. The Balaban J connectivity index is 2.35. The number of allylic oxidation sites excluding steroid dienone is 4. The predicted molar refractivity (Wildman–Crippen MR) is 93.2 cm³/mol. The number of hydrogen-bond donors (Lipinski definition) is 0. The van der Waals surface area contributed by atoms with Crippen LogP contribution in [-0.2, 0) is 19.2 Å². The average Bonchev–Trinajstić information content (AvgIpc) is 2.45. The van der Waals surface area contributed by atoms with E-state index in [4.69, 9.17) is 4.28 Å². The molecule has 1 aliphatic rings. The molecule has 0 spiro atoms. The molecule has 5 nitrogen and oxygen atoms in total. The van der Waals surface area contributed by atoms with Gasteiger partial charge in [-0.05, 0) is 54.7 Å². The van der Waals surface area contributed by atoms with Crippen LogP contribution in [0.2, 0.25) is 0 Å². The Morgan fingerprint density at radius 1 is 1.08 bits per heavy atom.